The molecule has 34 heavy (non-hydrogen) atoms. The van der Waals surface area contributed by atoms with Crippen molar-refractivity contribution in [3.8, 4) is 5.75 Å². The number of carbonyl (C=O) groups excluding carboxylic acids is 3. The van der Waals surface area contributed by atoms with Gasteiger partial charge >= 0.3 is 0 Å². The van der Waals surface area contributed by atoms with Crippen LogP contribution in [0.3, 0.4) is 0 Å². The highest BCUT2D eigenvalue weighted by Gasteiger charge is 2.44. The number of halogens is 1. The molecule has 0 saturated heterocycles. The zero-order valence-corrected chi connectivity index (χ0v) is 18.6. The Kier molecular flexibility index (Phi) is 5.40. The maximum absolute atomic E-state index is 13.3. The molecule has 3 aromatic rings. The Morgan fingerprint density at radius 2 is 1.65 bits per heavy atom. The molecule has 1 N–H and O–H groups in total. The number of nitrogens with zero attached hydrogens (tertiary/aromatic N) is 1. The minimum atomic E-state index is -0.469. The van der Waals surface area contributed by atoms with Crippen molar-refractivity contribution < 1.29 is 23.5 Å². The van der Waals surface area contributed by atoms with Crippen LogP contribution in [0.15, 0.2) is 66.7 Å². The molecule has 3 aromatic carbocycles. The predicted octanol–water partition coefficient (Wildman–Crippen LogP) is 4.49. The number of amides is 3. The number of ether oxygens (including phenoxy) is 1. The molecule has 0 aromatic heterocycles. The topological polar surface area (TPSA) is 75.7 Å². The normalized spacial score (nSPS) is 15.8. The lowest BCUT2D eigenvalue weighted by Crippen LogP contribution is -2.32. The van der Waals surface area contributed by atoms with Crippen molar-refractivity contribution >= 4 is 23.4 Å². The van der Waals surface area contributed by atoms with E-state index in [2.05, 4.69) is 5.32 Å². The molecule has 1 aliphatic carbocycles. The first-order valence-corrected chi connectivity index (χ1v) is 11.2. The fraction of sp³-hybridized carbons (Fsp3) is 0.222. The Balaban J connectivity index is 1.31. The summed E-state index contributed by atoms with van der Waals surface area (Å²) in [6, 6.07) is 17.6. The van der Waals surface area contributed by atoms with Gasteiger partial charge in [0.1, 0.15) is 11.6 Å². The number of rotatable bonds is 7. The Hall–Kier alpha value is -4.00. The van der Waals surface area contributed by atoms with Gasteiger partial charge in [0.15, 0.2) is 0 Å². The average molecular weight is 458 g/mol. The van der Waals surface area contributed by atoms with E-state index < -0.39 is 11.8 Å². The Morgan fingerprint density at radius 3 is 2.29 bits per heavy atom. The van der Waals surface area contributed by atoms with Gasteiger partial charge < -0.3 is 10.1 Å². The largest absolute Gasteiger partial charge is 0.494 e. The summed E-state index contributed by atoms with van der Waals surface area (Å²) in [7, 11) is 0. The van der Waals surface area contributed by atoms with E-state index in [9.17, 15) is 18.8 Å². The molecule has 0 unspecified atom stereocenters. The first kappa shape index (κ1) is 21.8. The number of hydrogen-bond donors (Lipinski definition) is 1. The maximum Gasteiger partial charge on any atom is 0.266 e. The molecule has 6 nitrogen and oxygen atoms in total. The van der Waals surface area contributed by atoms with Crippen LogP contribution < -0.4 is 15.0 Å². The van der Waals surface area contributed by atoms with Crippen molar-refractivity contribution in [2.75, 3.05) is 18.1 Å². The van der Waals surface area contributed by atoms with E-state index in [0.29, 0.717) is 30.2 Å². The summed E-state index contributed by atoms with van der Waals surface area (Å²) in [4.78, 5) is 39.9. The van der Waals surface area contributed by atoms with Gasteiger partial charge in [0.25, 0.3) is 17.7 Å². The minimum Gasteiger partial charge on any atom is -0.494 e. The quantitative estimate of drug-likeness (QED) is 0.530. The lowest BCUT2D eigenvalue weighted by molar-refractivity contribution is 0.0923. The van der Waals surface area contributed by atoms with E-state index in [0.717, 1.165) is 23.3 Å². The van der Waals surface area contributed by atoms with E-state index in [-0.39, 0.29) is 28.3 Å². The third-order valence-corrected chi connectivity index (χ3v) is 6.45. The minimum absolute atomic E-state index is 0.184. The molecule has 1 heterocycles. The Bertz CT molecular complexity index is 1280. The van der Waals surface area contributed by atoms with E-state index in [1.54, 1.807) is 42.5 Å². The van der Waals surface area contributed by atoms with Crippen LogP contribution in [-0.4, -0.2) is 30.9 Å². The van der Waals surface area contributed by atoms with Crippen LogP contribution in [0.2, 0.25) is 0 Å². The van der Waals surface area contributed by atoms with Gasteiger partial charge in [-0.2, -0.15) is 0 Å². The zero-order valence-electron chi connectivity index (χ0n) is 18.6. The number of fused-ring (bicyclic) bond motifs is 1. The highest BCUT2D eigenvalue weighted by molar-refractivity contribution is 6.34. The Labute approximate surface area is 196 Å². The number of nitrogens with one attached hydrogen (secondary N) is 1. The van der Waals surface area contributed by atoms with Gasteiger partial charge in [-0.3, -0.25) is 14.4 Å². The summed E-state index contributed by atoms with van der Waals surface area (Å²) < 4.78 is 18.7. The standard InChI is InChI=1S/C27H23FN2O4/c1-2-34-21-10-8-20(9-11-21)30-25(32)22-12-3-17(15-23(22)26(30)33)24(31)29-16-27(13-14-27)18-4-6-19(28)7-5-18/h3-12,15H,2,13-14,16H2,1H3,(H,29,31). The first-order valence-electron chi connectivity index (χ1n) is 11.2. The molecule has 0 atom stereocenters. The van der Waals surface area contributed by atoms with Crippen LogP contribution in [0.25, 0.3) is 0 Å². The van der Waals surface area contributed by atoms with Crippen LogP contribution in [0.1, 0.15) is 56.4 Å². The molecular formula is C27H23FN2O4. The molecule has 5 rings (SSSR count). The molecule has 0 radical (unpaired) electrons. The maximum atomic E-state index is 13.3. The van der Waals surface area contributed by atoms with Gasteiger partial charge in [-0.15, -0.1) is 0 Å². The molecule has 1 fully saturated rings. The fourth-order valence-corrected chi connectivity index (χ4v) is 4.35. The van der Waals surface area contributed by atoms with Gasteiger partial charge in [0.05, 0.1) is 23.4 Å². The first-order chi connectivity index (χ1) is 16.4. The second kappa shape index (κ2) is 8.41. The van der Waals surface area contributed by atoms with Crippen molar-refractivity contribution in [2.24, 2.45) is 0 Å². The highest BCUT2D eigenvalue weighted by Crippen LogP contribution is 2.47. The third kappa shape index (κ3) is 3.83. The summed E-state index contributed by atoms with van der Waals surface area (Å²) in [6.07, 6.45) is 1.82. The van der Waals surface area contributed by atoms with Crippen molar-refractivity contribution in [3.05, 3.63) is 94.8 Å². The molecular weight excluding hydrogens is 435 g/mol. The molecule has 0 bridgehead atoms. The molecule has 1 saturated carbocycles. The summed E-state index contributed by atoms with van der Waals surface area (Å²) in [5, 5.41) is 2.94. The lowest BCUT2D eigenvalue weighted by Gasteiger charge is -2.17. The average Bonchev–Trinajstić information content (AvgIpc) is 3.60. The highest BCUT2D eigenvalue weighted by atomic mass is 19.1. The molecule has 3 amide bonds. The van der Waals surface area contributed by atoms with Crippen molar-refractivity contribution in [3.63, 3.8) is 0 Å². The van der Waals surface area contributed by atoms with Gasteiger partial charge in [-0.05, 0) is 79.9 Å². The SMILES string of the molecule is CCOc1ccc(N2C(=O)c3ccc(C(=O)NCC4(c5ccc(F)cc5)CC4)cc3C2=O)cc1. The van der Waals surface area contributed by atoms with Crippen LogP contribution in [0.5, 0.6) is 5.75 Å². The van der Waals surface area contributed by atoms with Crippen LogP contribution >= 0.6 is 0 Å². The number of carbonyl (C=O) groups is 3. The summed E-state index contributed by atoms with van der Waals surface area (Å²) in [5.74, 6) is -0.861. The Morgan fingerprint density at radius 1 is 0.971 bits per heavy atom. The van der Waals surface area contributed by atoms with Crippen molar-refractivity contribution in [1.82, 2.24) is 5.32 Å². The fourth-order valence-electron chi connectivity index (χ4n) is 4.35. The van der Waals surface area contributed by atoms with E-state index in [1.807, 2.05) is 6.92 Å². The second-order valence-electron chi connectivity index (χ2n) is 8.60. The molecule has 2 aliphatic rings. The van der Waals surface area contributed by atoms with E-state index in [4.69, 9.17) is 4.74 Å². The number of hydrogen-bond acceptors (Lipinski definition) is 4. The van der Waals surface area contributed by atoms with E-state index >= 15 is 0 Å². The van der Waals surface area contributed by atoms with Crippen LogP contribution in [-0.2, 0) is 5.41 Å². The summed E-state index contributed by atoms with van der Waals surface area (Å²) in [6.45, 7) is 2.81. The van der Waals surface area contributed by atoms with Gasteiger partial charge in [-0.1, -0.05) is 12.1 Å². The molecule has 7 heteroatoms. The number of anilines is 1. The predicted molar refractivity (Wildman–Crippen MR) is 125 cm³/mol. The van der Waals surface area contributed by atoms with Crippen molar-refractivity contribution in [1.29, 1.82) is 0 Å². The molecule has 172 valence electrons. The van der Waals surface area contributed by atoms with E-state index in [1.165, 1.54) is 24.3 Å². The van der Waals surface area contributed by atoms with Crippen LogP contribution in [0, 0.1) is 5.82 Å². The van der Waals surface area contributed by atoms with Gasteiger partial charge in [-0.25, -0.2) is 9.29 Å². The smallest absolute Gasteiger partial charge is 0.266 e. The monoisotopic (exact) mass is 458 g/mol. The summed E-state index contributed by atoms with van der Waals surface area (Å²) in [5.41, 5.74) is 2.02. The number of imide groups is 1. The van der Waals surface area contributed by atoms with Crippen molar-refractivity contribution in [2.45, 2.75) is 25.2 Å². The van der Waals surface area contributed by atoms with Crippen LogP contribution in [0.4, 0.5) is 10.1 Å². The lowest BCUT2D eigenvalue weighted by atomic mass is 9.95. The molecule has 0 spiro atoms. The zero-order chi connectivity index (χ0) is 23.9. The van der Waals surface area contributed by atoms with Gasteiger partial charge in [0.2, 0.25) is 0 Å². The van der Waals surface area contributed by atoms with Gasteiger partial charge in [0, 0.05) is 17.5 Å². The number of benzene rings is 3. The second-order valence-corrected chi connectivity index (χ2v) is 8.60. The third-order valence-electron chi connectivity index (χ3n) is 6.45. The molecule has 1 aliphatic heterocycles. The summed E-state index contributed by atoms with van der Waals surface area (Å²) >= 11 is 0.